The molecular formula is C25H27ClN6O4S. The van der Waals surface area contributed by atoms with Crippen molar-refractivity contribution in [2.75, 3.05) is 11.1 Å². The van der Waals surface area contributed by atoms with E-state index in [4.69, 9.17) is 11.6 Å². The summed E-state index contributed by atoms with van der Waals surface area (Å²) in [4.78, 5) is 36.0. The van der Waals surface area contributed by atoms with Crippen molar-refractivity contribution in [1.82, 2.24) is 20.1 Å². The topological polar surface area (TPSA) is 132 Å². The summed E-state index contributed by atoms with van der Waals surface area (Å²) >= 11 is 7.38. The number of nitro groups is 1. The molecule has 194 valence electrons. The van der Waals surface area contributed by atoms with Gasteiger partial charge in [-0.1, -0.05) is 55.4 Å². The number of aromatic nitrogens is 3. The molecular weight excluding hydrogens is 516 g/mol. The van der Waals surface area contributed by atoms with Crippen molar-refractivity contribution in [1.29, 1.82) is 0 Å². The second-order valence-corrected chi connectivity index (χ2v) is 9.86. The van der Waals surface area contributed by atoms with Gasteiger partial charge in [0.15, 0.2) is 11.0 Å². The maximum Gasteiger partial charge on any atom is 0.269 e. The van der Waals surface area contributed by atoms with Crippen LogP contribution in [0.15, 0.2) is 60.3 Å². The van der Waals surface area contributed by atoms with E-state index in [9.17, 15) is 19.7 Å². The zero-order valence-corrected chi connectivity index (χ0v) is 22.2. The Bertz CT molecular complexity index is 1330. The van der Waals surface area contributed by atoms with Gasteiger partial charge in [0, 0.05) is 24.4 Å². The molecule has 0 aliphatic heterocycles. The van der Waals surface area contributed by atoms with E-state index in [0.717, 1.165) is 0 Å². The average Bonchev–Trinajstić information content (AvgIpc) is 3.24. The summed E-state index contributed by atoms with van der Waals surface area (Å²) < 4.78 is 1.81. The summed E-state index contributed by atoms with van der Waals surface area (Å²) in [5.74, 6) is -0.0900. The lowest BCUT2D eigenvalue weighted by atomic mass is 10.0. The van der Waals surface area contributed by atoms with Gasteiger partial charge in [0.1, 0.15) is 0 Å². The number of aryl methyl sites for hydroxylation is 1. The van der Waals surface area contributed by atoms with Crippen LogP contribution in [0.3, 0.4) is 0 Å². The largest absolute Gasteiger partial charge is 0.342 e. The highest BCUT2D eigenvalue weighted by Crippen LogP contribution is 2.27. The van der Waals surface area contributed by atoms with Crippen LogP contribution in [0.25, 0.3) is 0 Å². The highest BCUT2D eigenvalue weighted by atomic mass is 35.5. The molecule has 3 aromatic rings. The number of hydrogen-bond acceptors (Lipinski definition) is 7. The third kappa shape index (κ3) is 6.95. The first kappa shape index (κ1) is 27.9. The van der Waals surface area contributed by atoms with Crippen LogP contribution in [0.1, 0.15) is 41.6 Å². The van der Waals surface area contributed by atoms with Gasteiger partial charge in [-0.3, -0.25) is 19.7 Å². The summed E-state index contributed by atoms with van der Waals surface area (Å²) in [6, 6.07) is 10.6. The molecule has 1 aromatic heterocycles. The Kier molecular flexibility index (Phi) is 9.42. The van der Waals surface area contributed by atoms with Crippen LogP contribution >= 0.6 is 23.4 Å². The van der Waals surface area contributed by atoms with Gasteiger partial charge in [-0.25, -0.2) is 0 Å². The van der Waals surface area contributed by atoms with Crippen LogP contribution in [-0.2, 0) is 11.3 Å². The molecule has 0 aliphatic carbocycles. The molecule has 0 radical (unpaired) electrons. The first-order chi connectivity index (χ1) is 17.6. The van der Waals surface area contributed by atoms with Crippen LogP contribution in [0.2, 0.25) is 5.02 Å². The Balaban J connectivity index is 1.75. The normalized spacial score (nSPS) is 11.7. The summed E-state index contributed by atoms with van der Waals surface area (Å²) in [6.45, 7) is 9.78. The van der Waals surface area contributed by atoms with Gasteiger partial charge in [0.25, 0.3) is 11.6 Å². The van der Waals surface area contributed by atoms with Crippen LogP contribution in [0.5, 0.6) is 0 Å². The molecule has 0 unspecified atom stereocenters. The van der Waals surface area contributed by atoms with Crippen LogP contribution in [0, 0.1) is 23.0 Å². The van der Waals surface area contributed by atoms with Gasteiger partial charge < -0.3 is 15.2 Å². The van der Waals surface area contributed by atoms with Crippen molar-refractivity contribution in [2.24, 2.45) is 5.92 Å². The number of nitro benzene ring substituents is 1. The zero-order valence-electron chi connectivity index (χ0n) is 20.6. The lowest BCUT2D eigenvalue weighted by molar-refractivity contribution is -0.384. The fourth-order valence-corrected chi connectivity index (χ4v) is 4.53. The number of nitrogens with zero attached hydrogens (tertiary/aromatic N) is 4. The van der Waals surface area contributed by atoms with E-state index in [0.29, 0.717) is 39.4 Å². The molecule has 0 spiro atoms. The molecule has 0 aliphatic rings. The summed E-state index contributed by atoms with van der Waals surface area (Å²) in [6.07, 6.45) is 1.69. The SMILES string of the molecule is C=CCn1c(SCC(=O)Nc2ccc([N+](=O)[O-])cc2C)nnc1[C@@H](NC(=O)c1ccccc1Cl)C(C)C. The summed E-state index contributed by atoms with van der Waals surface area (Å²) in [7, 11) is 0. The Hall–Kier alpha value is -3.70. The molecule has 10 nitrogen and oxygen atoms in total. The smallest absolute Gasteiger partial charge is 0.269 e. The number of halogens is 1. The predicted molar refractivity (Wildman–Crippen MR) is 144 cm³/mol. The molecule has 0 fully saturated rings. The van der Waals surface area contributed by atoms with E-state index >= 15 is 0 Å². The van der Waals surface area contributed by atoms with Crippen LogP contribution in [0.4, 0.5) is 11.4 Å². The Morgan fingerprint density at radius 2 is 1.97 bits per heavy atom. The number of carbonyl (C=O) groups is 2. The number of non-ortho nitro benzene ring substituents is 1. The molecule has 2 aromatic carbocycles. The van der Waals surface area contributed by atoms with Gasteiger partial charge in [-0.2, -0.15) is 0 Å². The van der Waals surface area contributed by atoms with E-state index in [-0.39, 0.29) is 29.2 Å². The second-order valence-electron chi connectivity index (χ2n) is 8.51. The predicted octanol–water partition coefficient (Wildman–Crippen LogP) is 5.19. The van der Waals surface area contributed by atoms with Gasteiger partial charge in [0.05, 0.1) is 27.3 Å². The van der Waals surface area contributed by atoms with Crippen molar-refractivity contribution in [3.63, 3.8) is 0 Å². The van der Waals surface area contributed by atoms with Crippen molar-refractivity contribution in [2.45, 2.75) is 38.5 Å². The molecule has 0 bridgehead atoms. The number of nitrogens with one attached hydrogen (secondary N) is 2. The molecule has 0 saturated heterocycles. The minimum atomic E-state index is -0.486. The fraction of sp³-hybridized carbons (Fsp3) is 0.280. The van der Waals surface area contributed by atoms with Crippen molar-refractivity contribution in [3.8, 4) is 0 Å². The van der Waals surface area contributed by atoms with Crippen LogP contribution in [-0.4, -0.2) is 37.3 Å². The van der Waals surface area contributed by atoms with Crippen LogP contribution < -0.4 is 10.6 Å². The molecule has 1 heterocycles. The number of allylic oxidation sites excluding steroid dienone is 1. The molecule has 37 heavy (non-hydrogen) atoms. The highest BCUT2D eigenvalue weighted by Gasteiger charge is 2.27. The Morgan fingerprint density at radius 1 is 1.24 bits per heavy atom. The number of anilines is 1. The standard InChI is InChI=1S/C25H27ClN6O4S/c1-5-12-31-23(22(15(2)3)28-24(34)18-8-6-7-9-19(18)26)29-30-25(31)37-14-21(33)27-20-11-10-17(32(35)36)13-16(20)4/h5-11,13,15,22H,1,12,14H2,2-4H3,(H,27,33)(H,28,34)/t22-/m0/s1. The average molecular weight is 543 g/mol. The number of benzene rings is 2. The highest BCUT2D eigenvalue weighted by molar-refractivity contribution is 7.99. The van der Waals surface area contributed by atoms with E-state index in [2.05, 4.69) is 27.4 Å². The third-order valence-corrected chi connectivity index (χ3v) is 6.73. The van der Waals surface area contributed by atoms with Crippen molar-refractivity contribution >= 4 is 46.6 Å². The third-order valence-electron chi connectivity index (χ3n) is 5.43. The zero-order chi connectivity index (χ0) is 27.1. The van der Waals surface area contributed by atoms with E-state index < -0.39 is 11.0 Å². The number of hydrogen-bond donors (Lipinski definition) is 2. The quantitative estimate of drug-likeness (QED) is 0.147. The van der Waals surface area contributed by atoms with Gasteiger partial charge in [-0.05, 0) is 36.6 Å². The van der Waals surface area contributed by atoms with Gasteiger partial charge >= 0.3 is 0 Å². The molecule has 1 atom stereocenters. The molecule has 0 saturated carbocycles. The summed E-state index contributed by atoms with van der Waals surface area (Å²) in [5, 5.41) is 26.1. The van der Waals surface area contributed by atoms with Crippen molar-refractivity contribution in [3.05, 3.63) is 87.2 Å². The molecule has 12 heteroatoms. The minimum absolute atomic E-state index is 0.0227. The van der Waals surface area contributed by atoms with Gasteiger partial charge in [0.2, 0.25) is 5.91 Å². The maximum absolute atomic E-state index is 12.9. The van der Waals surface area contributed by atoms with E-state index in [1.165, 1.54) is 30.0 Å². The number of rotatable bonds is 11. The monoisotopic (exact) mass is 542 g/mol. The second kappa shape index (κ2) is 12.5. The number of amides is 2. The summed E-state index contributed by atoms with van der Waals surface area (Å²) in [5.41, 5.74) is 1.39. The number of carbonyl (C=O) groups excluding carboxylic acids is 2. The van der Waals surface area contributed by atoms with E-state index in [1.54, 1.807) is 41.8 Å². The maximum atomic E-state index is 12.9. The van der Waals surface area contributed by atoms with Gasteiger partial charge in [-0.15, -0.1) is 16.8 Å². The number of thioether (sulfide) groups is 1. The van der Waals surface area contributed by atoms with Crippen molar-refractivity contribution < 1.29 is 14.5 Å². The molecule has 3 rings (SSSR count). The Labute approximate surface area is 223 Å². The fourth-order valence-electron chi connectivity index (χ4n) is 3.55. The molecule has 2 amide bonds. The molecule has 2 N–H and O–H groups in total. The Morgan fingerprint density at radius 3 is 2.59 bits per heavy atom. The minimum Gasteiger partial charge on any atom is -0.342 e. The lowest BCUT2D eigenvalue weighted by Gasteiger charge is -2.23. The lowest BCUT2D eigenvalue weighted by Crippen LogP contribution is -2.34. The first-order valence-electron chi connectivity index (χ1n) is 11.4. The van der Waals surface area contributed by atoms with E-state index in [1.807, 2.05) is 13.8 Å². The first-order valence-corrected chi connectivity index (χ1v) is 12.8.